The predicted molar refractivity (Wildman–Crippen MR) is 155 cm³/mol. The Morgan fingerprint density at radius 1 is 0.902 bits per heavy atom. The van der Waals surface area contributed by atoms with Crippen LogP contribution in [0, 0.1) is 13.8 Å². The summed E-state index contributed by atoms with van der Waals surface area (Å²) in [5.41, 5.74) is 3.90. The number of nitrogens with one attached hydrogen (secondary N) is 2. The van der Waals surface area contributed by atoms with E-state index in [0.29, 0.717) is 35.5 Å². The van der Waals surface area contributed by atoms with Crippen molar-refractivity contribution < 1.29 is 33.7 Å². The average Bonchev–Trinajstić information content (AvgIpc) is 2.98. The number of hydrogen-bond acceptors (Lipinski definition) is 7. The van der Waals surface area contributed by atoms with Gasteiger partial charge in [0.15, 0.2) is 13.2 Å². The maximum absolute atomic E-state index is 12.9. The molecule has 2 atom stereocenters. The zero-order chi connectivity index (χ0) is 29.8. The molecule has 41 heavy (non-hydrogen) atoms. The van der Waals surface area contributed by atoms with Gasteiger partial charge in [0.2, 0.25) is 0 Å². The monoisotopic (exact) mass is 562 g/mol. The van der Waals surface area contributed by atoms with Crippen LogP contribution < -0.4 is 20.1 Å². The molecular formula is C32H38N2O7. The van der Waals surface area contributed by atoms with Gasteiger partial charge in [-0.2, -0.15) is 0 Å². The Bertz CT molecular complexity index is 1310. The Kier molecular flexibility index (Phi) is 11.7. The summed E-state index contributed by atoms with van der Waals surface area (Å²) in [6.45, 7) is 3.38. The van der Waals surface area contributed by atoms with Gasteiger partial charge in [0.05, 0.1) is 19.3 Å². The smallest absolute Gasteiger partial charge is 0.343 e. The van der Waals surface area contributed by atoms with Gasteiger partial charge in [0.25, 0.3) is 11.8 Å². The van der Waals surface area contributed by atoms with Gasteiger partial charge in [-0.15, -0.1) is 0 Å². The Hall–Kier alpha value is -4.37. The van der Waals surface area contributed by atoms with E-state index in [-0.39, 0.29) is 31.4 Å². The lowest BCUT2D eigenvalue weighted by atomic mass is 9.94. The molecule has 0 spiro atoms. The number of benzene rings is 3. The molecule has 0 saturated heterocycles. The molecular weight excluding hydrogens is 524 g/mol. The molecule has 0 aromatic heterocycles. The normalized spacial score (nSPS) is 12.1. The first-order valence-electron chi connectivity index (χ1n) is 13.5. The van der Waals surface area contributed by atoms with Crippen LogP contribution in [0.3, 0.4) is 0 Å². The summed E-state index contributed by atoms with van der Waals surface area (Å²) in [4.78, 5) is 36.9. The van der Waals surface area contributed by atoms with E-state index in [1.54, 1.807) is 18.2 Å². The van der Waals surface area contributed by atoms with Crippen LogP contribution in [0.25, 0.3) is 0 Å². The molecule has 0 saturated carbocycles. The number of para-hydroxylation sites is 1. The first-order chi connectivity index (χ1) is 19.7. The van der Waals surface area contributed by atoms with Gasteiger partial charge in [0.1, 0.15) is 11.5 Å². The highest BCUT2D eigenvalue weighted by Gasteiger charge is 2.23. The Labute approximate surface area is 240 Å². The van der Waals surface area contributed by atoms with Crippen LogP contribution in [0.2, 0.25) is 0 Å². The largest absolute Gasteiger partial charge is 0.483 e. The van der Waals surface area contributed by atoms with Crippen molar-refractivity contribution >= 4 is 17.8 Å². The second-order valence-electron chi connectivity index (χ2n) is 9.74. The fraction of sp³-hybridized carbons (Fsp3) is 0.344. The van der Waals surface area contributed by atoms with E-state index in [2.05, 4.69) is 15.4 Å². The van der Waals surface area contributed by atoms with Gasteiger partial charge in [-0.25, -0.2) is 4.79 Å². The van der Waals surface area contributed by atoms with Gasteiger partial charge in [-0.1, -0.05) is 54.6 Å². The number of aryl methyl sites for hydroxylation is 3. The van der Waals surface area contributed by atoms with Crippen LogP contribution >= 0.6 is 0 Å². The number of ether oxygens (including phenoxy) is 3. The predicted octanol–water partition coefficient (Wildman–Crippen LogP) is 3.31. The SMILES string of the molecule is CNC(=O)c1cc(OCC(=O)OC)ccc1CCC(O)C(Cc1ccccc1)NC(=O)COc1c(C)cccc1C. The van der Waals surface area contributed by atoms with Crippen LogP contribution in [0.1, 0.15) is 39.0 Å². The van der Waals surface area contributed by atoms with E-state index in [4.69, 9.17) is 9.47 Å². The third kappa shape index (κ3) is 9.36. The lowest BCUT2D eigenvalue weighted by Crippen LogP contribution is -2.46. The zero-order valence-electron chi connectivity index (χ0n) is 23.9. The average molecular weight is 563 g/mol. The van der Waals surface area contributed by atoms with Crippen molar-refractivity contribution in [3.8, 4) is 11.5 Å². The first kappa shape index (κ1) is 31.2. The summed E-state index contributed by atoms with van der Waals surface area (Å²) in [6.07, 6.45) is 0.148. The molecule has 0 aliphatic rings. The molecule has 3 aromatic rings. The van der Waals surface area contributed by atoms with E-state index in [9.17, 15) is 19.5 Å². The maximum Gasteiger partial charge on any atom is 0.343 e. The highest BCUT2D eigenvalue weighted by atomic mass is 16.6. The van der Waals surface area contributed by atoms with Crippen molar-refractivity contribution in [3.05, 3.63) is 94.5 Å². The van der Waals surface area contributed by atoms with Crippen molar-refractivity contribution in [2.45, 2.75) is 45.3 Å². The van der Waals surface area contributed by atoms with Crippen molar-refractivity contribution in [1.29, 1.82) is 0 Å². The third-order valence-corrected chi connectivity index (χ3v) is 6.71. The summed E-state index contributed by atoms with van der Waals surface area (Å²) in [5.74, 6) is -0.189. The minimum Gasteiger partial charge on any atom is -0.483 e. The van der Waals surface area contributed by atoms with E-state index >= 15 is 0 Å². The highest BCUT2D eigenvalue weighted by molar-refractivity contribution is 5.96. The van der Waals surface area contributed by atoms with Crippen LogP contribution in [0.4, 0.5) is 0 Å². The summed E-state index contributed by atoms with van der Waals surface area (Å²) >= 11 is 0. The van der Waals surface area contributed by atoms with Gasteiger partial charge in [-0.3, -0.25) is 9.59 Å². The highest BCUT2D eigenvalue weighted by Crippen LogP contribution is 2.23. The molecule has 0 bridgehead atoms. The van der Waals surface area contributed by atoms with Crippen molar-refractivity contribution in [2.75, 3.05) is 27.4 Å². The molecule has 0 fully saturated rings. The molecule has 0 heterocycles. The fourth-order valence-electron chi connectivity index (χ4n) is 4.48. The molecule has 3 N–H and O–H groups in total. The Morgan fingerprint density at radius 2 is 1.61 bits per heavy atom. The minimum absolute atomic E-state index is 0.183. The van der Waals surface area contributed by atoms with Crippen LogP contribution in [0.15, 0.2) is 66.7 Å². The van der Waals surface area contributed by atoms with E-state index < -0.39 is 18.1 Å². The van der Waals surface area contributed by atoms with Crippen molar-refractivity contribution in [2.24, 2.45) is 0 Å². The lowest BCUT2D eigenvalue weighted by molar-refractivity contribution is -0.142. The number of carbonyl (C=O) groups excluding carboxylic acids is 3. The quantitative estimate of drug-likeness (QED) is 0.258. The van der Waals surface area contributed by atoms with E-state index in [1.807, 2.05) is 62.4 Å². The van der Waals surface area contributed by atoms with Crippen LogP contribution in [0.5, 0.6) is 11.5 Å². The fourth-order valence-corrected chi connectivity index (χ4v) is 4.48. The summed E-state index contributed by atoms with van der Waals surface area (Å²) < 4.78 is 15.8. The van der Waals surface area contributed by atoms with E-state index in [1.165, 1.54) is 14.2 Å². The molecule has 2 unspecified atom stereocenters. The van der Waals surface area contributed by atoms with Crippen LogP contribution in [-0.4, -0.2) is 62.4 Å². The third-order valence-electron chi connectivity index (χ3n) is 6.71. The number of methoxy groups -OCH3 is 1. The molecule has 3 aromatic carbocycles. The molecule has 0 aliphatic carbocycles. The summed E-state index contributed by atoms with van der Waals surface area (Å²) in [7, 11) is 2.79. The van der Waals surface area contributed by atoms with Gasteiger partial charge in [0, 0.05) is 12.6 Å². The second kappa shape index (κ2) is 15.4. The number of esters is 1. The standard InChI is InChI=1S/C32H38N2O7/c1-21-9-8-10-22(2)31(21)41-19-29(36)34-27(17-23-11-6-5-7-12-23)28(35)16-14-24-13-15-25(40-20-30(37)39-4)18-26(24)32(38)33-3/h5-13,15,18,27-28,35H,14,16-17,19-20H2,1-4H3,(H,33,38)(H,34,36). The molecule has 0 aliphatic heterocycles. The number of aliphatic hydroxyl groups is 1. The number of hydrogen-bond donors (Lipinski definition) is 3. The van der Waals surface area contributed by atoms with Crippen LogP contribution in [-0.2, 0) is 27.2 Å². The topological polar surface area (TPSA) is 123 Å². The number of aliphatic hydroxyl groups excluding tert-OH is 1. The Morgan fingerprint density at radius 3 is 2.27 bits per heavy atom. The van der Waals surface area contributed by atoms with Crippen molar-refractivity contribution in [1.82, 2.24) is 10.6 Å². The lowest BCUT2D eigenvalue weighted by Gasteiger charge is -2.25. The Balaban J connectivity index is 1.71. The summed E-state index contributed by atoms with van der Waals surface area (Å²) in [6, 6.07) is 19.7. The van der Waals surface area contributed by atoms with Gasteiger partial charge >= 0.3 is 5.97 Å². The number of carbonyl (C=O) groups is 3. The summed E-state index contributed by atoms with van der Waals surface area (Å²) in [5, 5.41) is 16.8. The number of rotatable bonds is 14. The van der Waals surface area contributed by atoms with Crippen molar-refractivity contribution in [3.63, 3.8) is 0 Å². The zero-order valence-corrected chi connectivity index (χ0v) is 23.9. The second-order valence-corrected chi connectivity index (χ2v) is 9.74. The molecule has 2 amide bonds. The molecule has 0 radical (unpaired) electrons. The van der Waals surface area contributed by atoms with E-state index in [0.717, 1.165) is 16.7 Å². The molecule has 9 nitrogen and oxygen atoms in total. The van der Waals surface area contributed by atoms with Gasteiger partial charge < -0.3 is 30.0 Å². The first-order valence-corrected chi connectivity index (χ1v) is 13.5. The maximum atomic E-state index is 12.9. The van der Waals surface area contributed by atoms with Gasteiger partial charge in [-0.05, 0) is 67.5 Å². The molecule has 3 rings (SSSR count). The molecule has 9 heteroatoms. The number of amides is 2. The molecule has 218 valence electrons. The minimum atomic E-state index is -0.910.